The second-order valence-electron chi connectivity index (χ2n) is 2.52. The van der Waals surface area contributed by atoms with Gasteiger partial charge >= 0.3 is 0 Å². The van der Waals surface area contributed by atoms with Crippen molar-refractivity contribution in [2.75, 3.05) is 0 Å². The van der Waals surface area contributed by atoms with Crippen LogP contribution in [0.5, 0.6) is 0 Å². The van der Waals surface area contributed by atoms with E-state index < -0.39 is 6.17 Å². The van der Waals surface area contributed by atoms with Crippen LogP contribution in [0.1, 0.15) is 24.5 Å². The first-order valence-electron chi connectivity index (χ1n) is 3.52. The molecule has 5 nitrogen and oxygen atoms in total. The summed E-state index contributed by atoms with van der Waals surface area (Å²) in [5.41, 5.74) is 0. The number of halogens is 1. The fraction of sp³-hybridized carbons (Fsp3) is 0.667. The van der Waals surface area contributed by atoms with E-state index in [2.05, 4.69) is 15.5 Å². The van der Waals surface area contributed by atoms with E-state index in [9.17, 15) is 9.18 Å². The lowest BCUT2D eigenvalue weighted by Crippen LogP contribution is -2.14. The topological polar surface area (TPSA) is 60.7 Å². The lowest BCUT2D eigenvalue weighted by molar-refractivity contribution is 0.0996. The van der Waals surface area contributed by atoms with Crippen LogP contribution < -0.4 is 0 Å². The van der Waals surface area contributed by atoms with Crippen LogP contribution in [0.3, 0.4) is 0 Å². The third-order valence-electron chi connectivity index (χ3n) is 1.27. The Hall–Kier alpha value is -1.33. The molecule has 0 N–H and O–H groups in total. The molecule has 0 aromatic carbocycles. The summed E-state index contributed by atoms with van der Waals surface area (Å²) in [4.78, 5) is 10.8. The Morgan fingerprint density at radius 3 is 2.92 bits per heavy atom. The summed E-state index contributed by atoms with van der Waals surface area (Å²) < 4.78 is 13.6. The summed E-state index contributed by atoms with van der Waals surface area (Å²) in [7, 11) is 0. The van der Waals surface area contributed by atoms with Gasteiger partial charge in [-0.05, 0) is 17.4 Å². The third-order valence-corrected chi connectivity index (χ3v) is 1.27. The smallest absolute Gasteiger partial charge is 0.217 e. The molecule has 6 heteroatoms. The van der Waals surface area contributed by atoms with Crippen LogP contribution in [0.25, 0.3) is 0 Å². The molecule has 12 heavy (non-hydrogen) atoms. The fourth-order valence-electron chi connectivity index (χ4n) is 0.818. The molecule has 0 bridgehead atoms. The molecule has 1 atom stereocenters. The Morgan fingerprint density at radius 1 is 1.75 bits per heavy atom. The van der Waals surface area contributed by atoms with E-state index >= 15 is 0 Å². The zero-order chi connectivity index (χ0) is 9.14. The largest absolute Gasteiger partial charge is 0.291 e. The Morgan fingerprint density at radius 2 is 2.42 bits per heavy atom. The molecule has 1 unspecified atom stereocenters. The molecule has 0 aliphatic carbocycles. The van der Waals surface area contributed by atoms with Gasteiger partial charge in [-0.2, -0.15) is 0 Å². The molecule has 0 saturated carbocycles. The number of ketones is 1. The summed E-state index contributed by atoms with van der Waals surface area (Å²) in [6.07, 6.45) is -1.06. The van der Waals surface area contributed by atoms with Crippen molar-refractivity contribution in [2.45, 2.75) is 26.6 Å². The summed E-state index contributed by atoms with van der Waals surface area (Å²) in [6, 6.07) is 0. The van der Waals surface area contributed by atoms with Gasteiger partial charge in [0.15, 0.2) is 5.78 Å². The van der Waals surface area contributed by atoms with E-state index in [0.717, 1.165) is 4.68 Å². The monoisotopic (exact) mass is 172 g/mol. The highest BCUT2D eigenvalue weighted by atomic mass is 19.1. The number of aromatic nitrogens is 4. The molecule has 1 aromatic heterocycles. The SMILES string of the molecule is CC(=O)c1nnnn1CC(C)F. The van der Waals surface area contributed by atoms with Crippen LogP contribution in [0, 0.1) is 0 Å². The van der Waals surface area contributed by atoms with Crippen molar-refractivity contribution in [3.63, 3.8) is 0 Å². The van der Waals surface area contributed by atoms with Gasteiger partial charge in [0.1, 0.15) is 6.17 Å². The predicted molar refractivity (Wildman–Crippen MR) is 38.4 cm³/mol. The zero-order valence-corrected chi connectivity index (χ0v) is 6.86. The van der Waals surface area contributed by atoms with Crippen molar-refractivity contribution in [1.82, 2.24) is 20.2 Å². The maximum absolute atomic E-state index is 12.5. The molecule has 1 rings (SSSR count). The Kier molecular flexibility index (Phi) is 2.47. The molecule has 66 valence electrons. The van der Waals surface area contributed by atoms with Gasteiger partial charge in [0.25, 0.3) is 0 Å². The number of hydrogen-bond acceptors (Lipinski definition) is 4. The minimum atomic E-state index is -1.06. The van der Waals surface area contributed by atoms with E-state index in [-0.39, 0.29) is 18.2 Å². The maximum atomic E-state index is 12.5. The number of hydrogen-bond donors (Lipinski definition) is 0. The molecule has 1 aromatic rings. The molecule has 1 heterocycles. The average Bonchev–Trinajstić information content (AvgIpc) is 2.33. The van der Waals surface area contributed by atoms with Gasteiger partial charge < -0.3 is 0 Å². The minimum Gasteiger partial charge on any atom is -0.291 e. The molecule has 0 saturated heterocycles. The average molecular weight is 172 g/mol. The summed E-state index contributed by atoms with van der Waals surface area (Å²) >= 11 is 0. The van der Waals surface area contributed by atoms with Gasteiger partial charge in [-0.25, -0.2) is 9.07 Å². The first-order valence-corrected chi connectivity index (χ1v) is 3.52. The third kappa shape index (κ3) is 1.84. The van der Waals surface area contributed by atoms with Crippen molar-refractivity contribution in [1.29, 1.82) is 0 Å². The molecule has 0 spiro atoms. The zero-order valence-electron chi connectivity index (χ0n) is 6.86. The highest BCUT2D eigenvalue weighted by Gasteiger charge is 2.12. The lowest BCUT2D eigenvalue weighted by Gasteiger charge is -2.01. The van der Waals surface area contributed by atoms with Crippen molar-refractivity contribution >= 4 is 5.78 Å². The maximum Gasteiger partial charge on any atom is 0.217 e. The fourth-order valence-corrected chi connectivity index (χ4v) is 0.818. The van der Waals surface area contributed by atoms with E-state index in [4.69, 9.17) is 0 Å². The molecule has 0 aliphatic heterocycles. The molecule has 0 fully saturated rings. The van der Waals surface area contributed by atoms with Crippen LogP contribution >= 0.6 is 0 Å². The number of carbonyl (C=O) groups excluding carboxylic acids is 1. The highest BCUT2D eigenvalue weighted by Crippen LogP contribution is 1.97. The number of carbonyl (C=O) groups is 1. The first-order chi connectivity index (χ1) is 5.61. The molecule has 0 aliphatic rings. The summed E-state index contributed by atoms with van der Waals surface area (Å²) in [6.45, 7) is 2.73. The van der Waals surface area contributed by atoms with Crippen LogP contribution in [0.4, 0.5) is 4.39 Å². The Balaban J connectivity index is 2.84. The van der Waals surface area contributed by atoms with E-state index in [1.54, 1.807) is 0 Å². The first kappa shape index (κ1) is 8.76. The van der Waals surface area contributed by atoms with Gasteiger partial charge in [-0.1, -0.05) is 0 Å². The van der Waals surface area contributed by atoms with Gasteiger partial charge in [0, 0.05) is 6.92 Å². The van der Waals surface area contributed by atoms with E-state index in [1.165, 1.54) is 13.8 Å². The van der Waals surface area contributed by atoms with E-state index in [0.29, 0.717) is 0 Å². The van der Waals surface area contributed by atoms with Crippen LogP contribution in [0.15, 0.2) is 0 Å². The van der Waals surface area contributed by atoms with Crippen molar-refractivity contribution < 1.29 is 9.18 Å². The number of alkyl halides is 1. The summed E-state index contributed by atoms with van der Waals surface area (Å²) in [5.74, 6) is -0.167. The quantitative estimate of drug-likeness (QED) is 0.612. The van der Waals surface area contributed by atoms with E-state index in [1.807, 2.05) is 0 Å². The lowest BCUT2D eigenvalue weighted by atomic mass is 10.4. The Labute approximate surface area is 68.6 Å². The second kappa shape index (κ2) is 3.38. The van der Waals surface area contributed by atoms with Crippen molar-refractivity contribution in [3.8, 4) is 0 Å². The number of tetrazole rings is 1. The van der Waals surface area contributed by atoms with Crippen LogP contribution in [-0.4, -0.2) is 32.2 Å². The summed E-state index contributed by atoms with van der Waals surface area (Å²) in [5, 5.41) is 10.2. The van der Waals surface area contributed by atoms with Gasteiger partial charge in [0.05, 0.1) is 6.54 Å². The molecule has 0 radical (unpaired) electrons. The van der Waals surface area contributed by atoms with Crippen LogP contribution in [0.2, 0.25) is 0 Å². The highest BCUT2D eigenvalue weighted by molar-refractivity contribution is 5.90. The Bertz CT molecular complexity index is 283. The van der Waals surface area contributed by atoms with Crippen molar-refractivity contribution in [2.24, 2.45) is 0 Å². The standard InChI is InChI=1S/C6H9FN4O/c1-4(7)3-11-6(5(2)12)8-9-10-11/h4H,3H2,1-2H3. The van der Waals surface area contributed by atoms with Gasteiger partial charge in [0.2, 0.25) is 5.82 Å². The van der Waals surface area contributed by atoms with Gasteiger partial charge in [-0.15, -0.1) is 5.10 Å². The number of nitrogens with zero attached hydrogens (tertiary/aromatic N) is 4. The minimum absolute atomic E-state index is 0.0158. The molecular formula is C6H9FN4O. The molecular weight excluding hydrogens is 163 g/mol. The number of rotatable bonds is 3. The number of Topliss-reactive ketones (excluding diaryl/α,β-unsaturated/α-hetero) is 1. The normalized spacial score (nSPS) is 12.9. The van der Waals surface area contributed by atoms with Crippen molar-refractivity contribution in [3.05, 3.63) is 5.82 Å². The van der Waals surface area contributed by atoms with Crippen LogP contribution in [-0.2, 0) is 6.54 Å². The predicted octanol–water partition coefficient (Wildman–Crippen LogP) is 0.234. The second-order valence-corrected chi connectivity index (χ2v) is 2.52. The molecule has 0 amide bonds. The van der Waals surface area contributed by atoms with Gasteiger partial charge in [-0.3, -0.25) is 4.79 Å².